The number of hydrogen-bond donors (Lipinski definition) is 0. The highest BCUT2D eigenvalue weighted by atomic mass is 32.2. The smallest absolute Gasteiger partial charge is 0.0441 e. The molecule has 0 heterocycles. The van der Waals surface area contributed by atoms with Gasteiger partial charge in [0, 0.05) is 30.1 Å². The van der Waals surface area contributed by atoms with Crippen molar-refractivity contribution in [1.82, 2.24) is 0 Å². The van der Waals surface area contributed by atoms with Gasteiger partial charge in [-0.2, -0.15) is 9.21 Å². The van der Waals surface area contributed by atoms with Gasteiger partial charge < -0.3 is 4.90 Å². The van der Waals surface area contributed by atoms with Gasteiger partial charge in [0.15, 0.2) is 0 Å². The lowest BCUT2D eigenvalue weighted by atomic mass is 10.1. The van der Waals surface area contributed by atoms with Gasteiger partial charge in [-0.1, -0.05) is 63.7 Å². The first-order chi connectivity index (χ1) is 9.91. The van der Waals surface area contributed by atoms with Crippen LogP contribution in [0.15, 0.2) is 41.3 Å². The van der Waals surface area contributed by atoms with Gasteiger partial charge in [0.05, 0.1) is 0 Å². The molecule has 1 nitrogen and oxygen atoms in total. The molecule has 21 heavy (non-hydrogen) atoms. The number of fused-ring (bicyclic) bond motifs is 1. The van der Waals surface area contributed by atoms with E-state index in [1.54, 1.807) is 0 Å². The third-order valence-corrected chi connectivity index (χ3v) is 4.29. The molecule has 0 unspecified atom stereocenters. The largest absolute Gasteiger partial charge is 0.377 e. The summed E-state index contributed by atoms with van der Waals surface area (Å²) in [6.07, 6.45) is 2.13. The van der Waals surface area contributed by atoms with Crippen molar-refractivity contribution in [3.8, 4) is 0 Å². The van der Waals surface area contributed by atoms with Crippen molar-refractivity contribution in [2.45, 2.75) is 32.6 Å². The summed E-state index contributed by atoms with van der Waals surface area (Å²) in [5.41, 5.74) is 1.24. The summed E-state index contributed by atoms with van der Waals surface area (Å²) in [5, 5.41) is 2.56. The SMILES string of the molecule is C=S(=C)(C)c1cccc2c(N(C)C)cccc12.CC.CC. The molecule has 0 aliphatic rings. The first-order valence-corrected chi connectivity index (χ1v) is 9.93. The van der Waals surface area contributed by atoms with E-state index in [-0.39, 0.29) is 0 Å². The first-order valence-electron chi connectivity index (χ1n) is 7.55. The molecular weight excluding hydrogens is 274 g/mol. The van der Waals surface area contributed by atoms with E-state index in [1.165, 1.54) is 21.4 Å². The lowest BCUT2D eigenvalue weighted by Crippen LogP contribution is -2.08. The molecule has 0 spiro atoms. The molecule has 118 valence electrons. The second-order valence-electron chi connectivity index (χ2n) is 4.80. The number of nitrogens with zero attached hydrogens (tertiary/aromatic N) is 1. The van der Waals surface area contributed by atoms with Crippen LogP contribution in [0.5, 0.6) is 0 Å². The molecule has 0 atom stereocenters. The molecule has 0 aliphatic carbocycles. The highest BCUT2D eigenvalue weighted by Gasteiger charge is 2.07. The average Bonchev–Trinajstić information content (AvgIpc) is 2.49. The van der Waals surface area contributed by atoms with Crippen LogP contribution in [-0.4, -0.2) is 32.1 Å². The van der Waals surface area contributed by atoms with Crippen molar-refractivity contribution in [2.24, 2.45) is 0 Å². The molecule has 0 N–H and O–H groups in total. The Hall–Kier alpha value is -1.41. The molecule has 0 bridgehead atoms. The zero-order valence-electron chi connectivity index (χ0n) is 14.7. The summed E-state index contributed by atoms with van der Waals surface area (Å²) in [6, 6.07) is 12.8. The normalized spacial score (nSPS) is 10.0. The van der Waals surface area contributed by atoms with Gasteiger partial charge in [-0.25, -0.2) is 0 Å². The Morgan fingerprint density at radius 2 is 1.29 bits per heavy atom. The molecular formula is C19H31NS. The Kier molecular flexibility index (Phi) is 8.19. The van der Waals surface area contributed by atoms with Crippen molar-refractivity contribution in [1.29, 1.82) is 0 Å². The van der Waals surface area contributed by atoms with Crippen LogP contribution in [0.25, 0.3) is 10.8 Å². The predicted molar refractivity (Wildman–Crippen MR) is 107 cm³/mol. The van der Waals surface area contributed by atoms with Gasteiger partial charge in [-0.05, 0) is 23.8 Å². The first kappa shape index (κ1) is 19.6. The van der Waals surface area contributed by atoms with Crippen LogP contribution in [0.3, 0.4) is 0 Å². The quantitative estimate of drug-likeness (QED) is 0.651. The second kappa shape index (κ2) is 8.78. The maximum absolute atomic E-state index is 4.22. The minimum Gasteiger partial charge on any atom is -0.377 e. The molecule has 2 heteroatoms. The van der Waals surface area contributed by atoms with E-state index in [0.717, 1.165) is 0 Å². The Bertz CT molecular complexity index is 652. The van der Waals surface area contributed by atoms with Crippen molar-refractivity contribution < 1.29 is 0 Å². The minimum atomic E-state index is -1.19. The molecule has 2 rings (SSSR count). The van der Waals surface area contributed by atoms with E-state index >= 15 is 0 Å². The molecule has 0 radical (unpaired) electrons. The van der Waals surface area contributed by atoms with Crippen LogP contribution in [0.1, 0.15) is 27.7 Å². The van der Waals surface area contributed by atoms with E-state index in [1.807, 2.05) is 27.7 Å². The zero-order chi connectivity index (χ0) is 16.6. The monoisotopic (exact) mass is 305 g/mol. The molecule has 2 aromatic rings. The van der Waals surface area contributed by atoms with Gasteiger partial charge in [0.2, 0.25) is 0 Å². The minimum absolute atomic E-state index is 1.19. The standard InChI is InChI=1S/C15H19NS.2C2H6/c1-16(2)14-10-6-9-13-12(14)8-7-11-15(13)17(3,4)5;2*1-2/h6-11H,3-4H2,1-2,5H3;2*1-2H3. The van der Waals surface area contributed by atoms with Crippen LogP contribution < -0.4 is 4.90 Å². The molecule has 0 saturated carbocycles. The highest BCUT2D eigenvalue weighted by molar-refractivity contribution is 8.27. The van der Waals surface area contributed by atoms with Gasteiger partial charge in [0.25, 0.3) is 0 Å². The van der Waals surface area contributed by atoms with Crippen LogP contribution in [0.4, 0.5) is 5.69 Å². The van der Waals surface area contributed by atoms with E-state index in [9.17, 15) is 0 Å². The van der Waals surface area contributed by atoms with Crippen LogP contribution in [0.2, 0.25) is 0 Å². The molecule has 2 aromatic carbocycles. The topological polar surface area (TPSA) is 3.24 Å². The predicted octanol–water partition coefficient (Wildman–Crippen LogP) is 5.62. The fourth-order valence-electron chi connectivity index (χ4n) is 2.08. The van der Waals surface area contributed by atoms with E-state index in [2.05, 4.69) is 73.4 Å². The van der Waals surface area contributed by atoms with Crippen molar-refractivity contribution in [3.05, 3.63) is 36.4 Å². The Balaban J connectivity index is 0.000000921. The molecule has 0 aromatic heterocycles. The fraction of sp³-hybridized carbons (Fsp3) is 0.368. The number of rotatable bonds is 2. The summed E-state index contributed by atoms with van der Waals surface area (Å²) in [6.45, 7) is 8.00. The Morgan fingerprint density at radius 3 is 1.76 bits per heavy atom. The number of benzene rings is 2. The average molecular weight is 306 g/mol. The second-order valence-corrected chi connectivity index (χ2v) is 7.79. The number of hydrogen-bond acceptors (Lipinski definition) is 1. The van der Waals surface area contributed by atoms with Gasteiger partial charge in [-0.3, -0.25) is 0 Å². The summed E-state index contributed by atoms with van der Waals surface area (Å²) in [7, 11) is 2.95. The molecule has 0 saturated heterocycles. The lowest BCUT2D eigenvalue weighted by molar-refractivity contribution is 1.14. The van der Waals surface area contributed by atoms with E-state index in [4.69, 9.17) is 0 Å². The molecule has 0 aliphatic heterocycles. The van der Waals surface area contributed by atoms with Gasteiger partial charge in [0.1, 0.15) is 0 Å². The van der Waals surface area contributed by atoms with Gasteiger partial charge >= 0.3 is 0 Å². The van der Waals surface area contributed by atoms with Crippen LogP contribution >= 0.6 is 9.21 Å². The van der Waals surface area contributed by atoms with Crippen molar-refractivity contribution in [3.63, 3.8) is 0 Å². The third-order valence-electron chi connectivity index (χ3n) is 2.87. The Morgan fingerprint density at radius 1 is 0.810 bits per heavy atom. The maximum Gasteiger partial charge on any atom is 0.0441 e. The molecule has 0 amide bonds. The summed E-state index contributed by atoms with van der Waals surface area (Å²) in [4.78, 5) is 3.42. The van der Waals surface area contributed by atoms with Crippen LogP contribution in [0, 0.1) is 0 Å². The number of anilines is 1. The summed E-state index contributed by atoms with van der Waals surface area (Å²) >= 11 is 0. The summed E-state index contributed by atoms with van der Waals surface area (Å²) in [5.74, 6) is 8.45. The summed E-state index contributed by atoms with van der Waals surface area (Å²) < 4.78 is 0. The Labute approximate surface area is 132 Å². The van der Waals surface area contributed by atoms with Crippen LogP contribution in [-0.2, 0) is 0 Å². The molecule has 0 fully saturated rings. The maximum atomic E-state index is 4.22. The lowest BCUT2D eigenvalue weighted by Gasteiger charge is -2.18. The third kappa shape index (κ3) is 4.82. The van der Waals surface area contributed by atoms with Crippen molar-refractivity contribution in [2.75, 3.05) is 25.3 Å². The highest BCUT2D eigenvalue weighted by Crippen LogP contribution is 2.37. The van der Waals surface area contributed by atoms with Gasteiger partial charge in [-0.15, -0.1) is 0 Å². The van der Waals surface area contributed by atoms with Crippen molar-refractivity contribution >= 4 is 37.4 Å². The van der Waals surface area contributed by atoms with E-state index < -0.39 is 9.21 Å². The zero-order valence-corrected chi connectivity index (χ0v) is 15.6. The fourth-order valence-corrected chi connectivity index (χ4v) is 3.20. The van der Waals surface area contributed by atoms with E-state index in [0.29, 0.717) is 0 Å².